The zero-order chi connectivity index (χ0) is 17.0. The van der Waals surface area contributed by atoms with Crippen LogP contribution in [0.1, 0.15) is 32.8 Å². The second-order valence-electron chi connectivity index (χ2n) is 6.98. The first kappa shape index (κ1) is 16.9. The van der Waals surface area contributed by atoms with Crippen LogP contribution in [0.2, 0.25) is 5.02 Å². The number of benzene rings is 1. The number of ether oxygens (including phenoxy) is 2. The van der Waals surface area contributed by atoms with Crippen molar-refractivity contribution in [3.8, 4) is 0 Å². The summed E-state index contributed by atoms with van der Waals surface area (Å²) in [6.07, 6.45) is -1.77. The van der Waals surface area contributed by atoms with Gasteiger partial charge in [-0.2, -0.15) is 0 Å². The average Bonchev–Trinajstić information content (AvgIpc) is 3.19. The first-order valence-corrected chi connectivity index (χ1v) is 7.88. The summed E-state index contributed by atoms with van der Waals surface area (Å²) in [5.41, 5.74) is -1.51. The van der Waals surface area contributed by atoms with Crippen LogP contribution in [0.25, 0.3) is 0 Å². The molecule has 3 rings (SSSR count). The van der Waals surface area contributed by atoms with E-state index in [9.17, 15) is 13.9 Å². The molecule has 2 aliphatic heterocycles. The highest BCUT2D eigenvalue weighted by Crippen LogP contribution is 2.57. The van der Waals surface area contributed by atoms with E-state index in [4.69, 9.17) is 21.1 Å². The van der Waals surface area contributed by atoms with Crippen molar-refractivity contribution in [2.45, 2.75) is 50.7 Å². The highest BCUT2D eigenvalue weighted by atomic mass is 35.5. The molecule has 1 N–H and O–H groups in total. The van der Waals surface area contributed by atoms with Crippen LogP contribution in [0.4, 0.5) is 14.5 Å². The van der Waals surface area contributed by atoms with Gasteiger partial charge in [0.25, 0.3) is 5.92 Å². The minimum atomic E-state index is -3.04. The van der Waals surface area contributed by atoms with Gasteiger partial charge in [0.2, 0.25) is 6.41 Å². The maximum absolute atomic E-state index is 14.6. The quantitative estimate of drug-likeness (QED) is 0.657. The molecule has 0 radical (unpaired) electrons. The van der Waals surface area contributed by atoms with Crippen molar-refractivity contribution in [1.29, 1.82) is 0 Å². The first-order valence-electron chi connectivity index (χ1n) is 7.50. The number of hydrogen-bond acceptors (Lipinski definition) is 4. The fraction of sp³-hybridized carbons (Fsp3) is 0.625. The maximum atomic E-state index is 14.6. The second kappa shape index (κ2) is 5.28. The number of hydrogen-bond donors (Lipinski definition) is 1. The number of alkyl halides is 2. The molecule has 2 aliphatic rings. The fourth-order valence-corrected chi connectivity index (χ4v) is 3.08. The molecule has 1 unspecified atom stereocenters. The van der Waals surface area contributed by atoms with E-state index < -0.39 is 30.0 Å². The van der Waals surface area contributed by atoms with Crippen LogP contribution >= 0.6 is 11.6 Å². The standard InChI is InChI=1S/C16H20ClF2NO3/c1-14(2,3)23-13(21)20-7-6-16(18,19)15(9-22-15)11-8-10(17)4-5-12(11)20/h4-5,8,13,21H,6-7,9H2,1-3H3/t13?,15-/m0/s1. The van der Waals surface area contributed by atoms with Gasteiger partial charge in [-0.3, -0.25) is 0 Å². The molecule has 0 saturated carbocycles. The van der Waals surface area contributed by atoms with Gasteiger partial charge in [-0.25, -0.2) is 8.78 Å². The van der Waals surface area contributed by atoms with E-state index in [1.807, 2.05) is 0 Å². The molecule has 128 valence electrons. The predicted molar refractivity (Wildman–Crippen MR) is 82.8 cm³/mol. The minimum absolute atomic E-state index is 0.0516. The normalized spacial score (nSPS) is 27.5. The third-order valence-corrected chi connectivity index (χ3v) is 4.35. The highest BCUT2D eigenvalue weighted by molar-refractivity contribution is 6.30. The van der Waals surface area contributed by atoms with E-state index >= 15 is 0 Å². The summed E-state index contributed by atoms with van der Waals surface area (Å²) < 4.78 is 39.9. The number of aliphatic hydroxyl groups is 1. The zero-order valence-corrected chi connectivity index (χ0v) is 14.0. The first-order chi connectivity index (χ1) is 10.6. The molecule has 1 aromatic carbocycles. The van der Waals surface area contributed by atoms with Crippen molar-refractivity contribution in [2.75, 3.05) is 18.1 Å². The van der Waals surface area contributed by atoms with E-state index in [-0.39, 0.29) is 13.2 Å². The number of aliphatic hydroxyl groups excluding tert-OH is 1. The Kier molecular flexibility index (Phi) is 3.87. The Labute approximate surface area is 138 Å². The van der Waals surface area contributed by atoms with Crippen LogP contribution in [0.15, 0.2) is 18.2 Å². The monoisotopic (exact) mass is 347 g/mol. The Bertz CT molecular complexity index is 614. The molecule has 2 heterocycles. The number of epoxide rings is 1. The van der Waals surface area contributed by atoms with Crippen molar-refractivity contribution >= 4 is 17.3 Å². The summed E-state index contributed by atoms with van der Waals surface area (Å²) in [5.74, 6) is -3.04. The average molecular weight is 348 g/mol. The molecule has 1 fully saturated rings. The van der Waals surface area contributed by atoms with Gasteiger partial charge < -0.3 is 19.5 Å². The van der Waals surface area contributed by atoms with Crippen LogP contribution in [-0.4, -0.2) is 36.2 Å². The lowest BCUT2D eigenvalue weighted by Gasteiger charge is -2.34. The van der Waals surface area contributed by atoms with Gasteiger partial charge in [0.05, 0.1) is 12.2 Å². The molecule has 7 heteroatoms. The molecule has 0 aromatic heterocycles. The van der Waals surface area contributed by atoms with E-state index in [0.29, 0.717) is 16.3 Å². The van der Waals surface area contributed by atoms with Crippen LogP contribution in [0.3, 0.4) is 0 Å². The van der Waals surface area contributed by atoms with Crippen LogP contribution in [0, 0.1) is 0 Å². The van der Waals surface area contributed by atoms with Gasteiger partial charge in [-0.15, -0.1) is 0 Å². The van der Waals surface area contributed by atoms with Crippen molar-refractivity contribution in [2.24, 2.45) is 0 Å². The Balaban J connectivity index is 2.04. The third kappa shape index (κ3) is 2.93. The topological polar surface area (TPSA) is 45.2 Å². The number of halogens is 3. The molecule has 1 spiro atoms. The lowest BCUT2D eigenvalue weighted by Crippen LogP contribution is -2.43. The Hall–Kier alpha value is -0.950. The van der Waals surface area contributed by atoms with E-state index in [2.05, 4.69) is 0 Å². The lowest BCUT2D eigenvalue weighted by molar-refractivity contribution is -0.166. The lowest BCUT2D eigenvalue weighted by atomic mass is 9.91. The number of rotatable bonds is 2. The summed E-state index contributed by atoms with van der Waals surface area (Å²) in [5, 5.41) is 10.7. The van der Waals surface area contributed by atoms with Crippen molar-refractivity contribution in [1.82, 2.24) is 0 Å². The van der Waals surface area contributed by atoms with Crippen molar-refractivity contribution in [3.63, 3.8) is 0 Å². The van der Waals surface area contributed by atoms with E-state index in [0.717, 1.165) is 0 Å². The maximum Gasteiger partial charge on any atom is 0.284 e. The van der Waals surface area contributed by atoms with Gasteiger partial charge in [-0.1, -0.05) is 11.6 Å². The van der Waals surface area contributed by atoms with E-state index in [1.54, 1.807) is 32.9 Å². The zero-order valence-electron chi connectivity index (χ0n) is 13.3. The summed E-state index contributed by atoms with van der Waals surface area (Å²) in [4.78, 5) is 1.43. The largest absolute Gasteiger partial charge is 0.358 e. The Morgan fingerprint density at radius 3 is 2.61 bits per heavy atom. The van der Waals surface area contributed by atoms with Crippen LogP contribution < -0.4 is 4.90 Å². The van der Waals surface area contributed by atoms with Crippen molar-refractivity contribution < 1.29 is 23.4 Å². The molecule has 1 saturated heterocycles. The van der Waals surface area contributed by atoms with Gasteiger partial charge in [0.15, 0.2) is 5.60 Å². The Morgan fingerprint density at radius 2 is 2.04 bits per heavy atom. The Morgan fingerprint density at radius 1 is 1.39 bits per heavy atom. The summed E-state index contributed by atoms with van der Waals surface area (Å²) >= 11 is 6.00. The van der Waals surface area contributed by atoms with Gasteiger partial charge in [-0.05, 0) is 39.0 Å². The number of fused-ring (bicyclic) bond motifs is 2. The molecule has 1 aromatic rings. The summed E-state index contributed by atoms with van der Waals surface area (Å²) in [7, 11) is 0. The summed E-state index contributed by atoms with van der Waals surface area (Å²) in [6.45, 7) is 5.26. The summed E-state index contributed by atoms with van der Waals surface area (Å²) in [6, 6.07) is 4.72. The van der Waals surface area contributed by atoms with Gasteiger partial charge in [0, 0.05) is 29.2 Å². The molecular weight excluding hydrogens is 328 g/mol. The highest BCUT2D eigenvalue weighted by Gasteiger charge is 2.67. The third-order valence-electron chi connectivity index (χ3n) is 4.12. The molecule has 2 atom stereocenters. The molecule has 0 aliphatic carbocycles. The second-order valence-corrected chi connectivity index (χ2v) is 7.42. The molecular formula is C16H20ClF2NO3. The van der Waals surface area contributed by atoms with E-state index in [1.165, 1.54) is 11.0 Å². The molecule has 4 nitrogen and oxygen atoms in total. The number of nitrogens with zero attached hydrogens (tertiary/aromatic N) is 1. The fourth-order valence-electron chi connectivity index (χ4n) is 2.91. The van der Waals surface area contributed by atoms with Gasteiger partial charge in [0.1, 0.15) is 0 Å². The smallest absolute Gasteiger partial charge is 0.284 e. The van der Waals surface area contributed by atoms with Gasteiger partial charge >= 0.3 is 0 Å². The minimum Gasteiger partial charge on any atom is -0.358 e. The molecule has 0 bridgehead atoms. The number of anilines is 1. The van der Waals surface area contributed by atoms with Crippen LogP contribution in [0.5, 0.6) is 0 Å². The predicted octanol–water partition coefficient (Wildman–Crippen LogP) is 3.50. The molecule has 23 heavy (non-hydrogen) atoms. The van der Waals surface area contributed by atoms with Crippen LogP contribution in [-0.2, 0) is 15.1 Å². The SMILES string of the molecule is CC(C)(C)OC(O)N1CCC(F)(F)[C@]2(CO2)c2cc(Cl)ccc21. The molecule has 0 amide bonds. The van der Waals surface area contributed by atoms with Crippen molar-refractivity contribution in [3.05, 3.63) is 28.8 Å².